The second-order valence-electron chi connectivity index (χ2n) is 9.55. The zero-order valence-electron chi connectivity index (χ0n) is 19.3. The van der Waals surface area contributed by atoms with Crippen LogP contribution in [0.5, 0.6) is 0 Å². The van der Waals surface area contributed by atoms with Gasteiger partial charge >= 0.3 is 5.97 Å². The molecular formula is C29H34N2O2. The Morgan fingerprint density at radius 3 is 1.91 bits per heavy atom. The number of hydrogen-bond acceptors (Lipinski definition) is 3. The van der Waals surface area contributed by atoms with Gasteiger partial charge in [-0.05, 0) is 41.9 Å². The molecule has 4 heteroatoms. The van der Waals surface area contributed by atoms with Gasteiger partial charge in [-0.2, -0.15) is 0 Å². The van der Waals surface area contributed by atoms with Gasteiger partial charge in [-0.25, -0.2) is 0 Å². The van der Waals surface area contributed by atoms with E-state index in [2.05, 4.69) is 60.4 Å². The Bertz CT molecular complexity index is 984. The first-order chi connectivity index (χ1) is 16.0. The maximum absolute atomic E-state index is 12.7. The van der Waals surface area contributed by atoms with Crippen LogP contribution in [0.2, 0.25) is 0 Å². The Hall–Kier alpha value is -2.95. The van der Waals surface area contributed by atoms with E-state index in [4.69, 9.17) is 5.73 Å². The van der Waals surface area contributed by atoms with Crippen molar-refractivity contribution in [2.45, 2.75) is 51.4 Å². The molecule has 0 unspecified atom stereocenters. The van der Waals surface area contributed by atoms with Crippen molar-refractivity contribution < 1.29 is 9.90 Å². The average molecular weight is 443 g/mol. The molecular weight excluding hydrogens is 408 g/mol. The number of nitrogens with zero attached hydrogens (tertiary/aromatic N) is 1. The van der Waals surface area contributed by atoms with Gasteiger partial charge < -0.3 is 10.8 Å². The summed E-state index contributed by atoms with van der Waals surface area (Å²) in [6.07, 6.45) is 1.92. The topological polar surface area (TPSA) is 66.6 Å². The first kappa shape index (κ1) is 23.2. The van der Waals surface area contributed by atoms with E-state index >= 15 is 0 Å². The SMILES string of the molecule is C[C@@H]1C[C@H](N(Cc2ccccc2)Cc2ccccc2)C[C@@]1(C[C@H](N)c1ccccc1)C(=O)O. The number of rotatable bonds is 9. The highest BCUT2D eigenvalue weighted by molar-refractivity contribution is 5.76. The lowest BCUT2D eigenvalue weighted by molar-refractivity contribution is -0.152. The number of nitrogens with two attached hydrogens (primary N) is 1. The fourth-order valence-electron chi connectivity index (χ4n) is 5.45. The predicted molar refractivity (Wildman–Crippen MR) is 132 cm³/mol. The minimum Gasteiger partial charge on any atom is -0.481 e. The lowest BCUT2D eigenvalue weighted by Crippen LogP contribution is -2.39. The summed E-state index contributed by atoms with van der Waals surface area (Å²) < 4.78 is 0. The third-order valence-electron chi connectivity index (χ3n) is 7.38. The van der Waals surface area contributed by atoms with Crippen LogP contribution < -0.4 is 5.73 Å². The van der Waals surface area contributed by atoms with Gasteiger partial charge in [0.1, 0.15) is 0 Å². The molecule has 0 spiro atoms. The van der Waals surface area contributed by atoms with E-state index in [-0.39, 0.29) is 18.0 Å². The van der Waals surface area contributed by atoms with Crippen LogP contribution in [0.3, 0.4) is 0 Å². The molecule has 3 N–H and O–H groups in total. The molecule has 4 nitrogen and oxygen atoms in total. The standard InChI is InChI=1S/C29H34N2O2/c1-22-17-26(18-29(22,28(32)33)19-27(30)25-15-9-4-10-16-25)31(20-23-11-5-2-6-12-23)21-24-13-7-3-8-14-24/h2-16,22,26-27H,17-21,30H2,1H3,(H,32,33)/t22-,26+,27+,29+/m1/s1. The number of carboxylic acids is 1. The third-order valence-corrected chi connectivity index (χ3v) is 7.38. The molecule has 0 aliphatic heterocycles. The number of hydrogen-bond donors (Lipinski definition) is 2. The van der Waals surface area contributed by atoms with Crippen molar-refractivity contribution in [3.8, 4) is 0 Å². The number of carbonyl (C=O) groups is 1. The Labute approximate surface area is 197 Å². The summed E-state index contributed by atoms with van der Waals surface area (Å²) >= 11 is 0. The van der Waals surface area contributed by atoms with E-state index in [1.165, 1.54) is 11.1 Å². The molecule has 1 fully saturated rings. The van der Waals surface area contributed by atoms with E-state index < -0.39 is 11.4 Å². The van der Waals surface area contributed by atoms with Crippen LogP contribution in [-0.4, -0.2) is 22.0 Å². The third kappa shape index (κ3) is 5.35. The molecule has 3 aromatic rings. The highest BCUT2D eigenvalue weighted by Gasteiger charge is 2.52. The van der Waals surface area contributed by atoms with Crippen LogP contribution in [-0.2, 0) is 17.9 Å². The second-order valence-corrected chi connectivity index (χ2v) is 9.55. The maximum Gasteiger partial charge on any atom is 0.310 e. The van der Waals surface area contributed by atoms with Crippen molar-refractivity contribution in [2.24, 2.45) is 17.1 Å². The molecule has 0 amide bonds. The fraction of sp³-hybridized carbons (Fsp3) is 0.345. The molecule has 4 atom stereocenters. The van der Waals surface area contributed by atoms with E-state index in [0.29, 0.717) is 12.8 Å². The zero-order valence-corrected chi connectivity index (χ0v) is 19.3. The van der Waals surface area contributed by atoms with E-state index in [1.807, 2.05) is 42.5 Å². The smallest absolute Gasteiger partial charge is 0.310 e. The molecule has 0 aromatic heterocycles. The van der Waals surface area contributed by atoms with E-state index in [1.54, 1.807) is 0 Å². The molecule has 172 valence electrons. The summed E-state index contributed by atoms with van der Waals surface area (Å²) in [4.78, 5) is 15.2. The van der Waals surface area contributed by atoms with Gasteiger partial charge in [0.2, 0.25) is 0 Å². The molecule has 1 aliphatic rings. The molecule has 0 heterocycles. The van der Waals surface area contributed by atoms with Crippen LogP contribution in [0.1, 0.15) is 48.9 Å². The summed E-state index contributed by atoms with van der Waals surface area (Å²) in [7, 11) is 0. The normalized spacial score (nSPS) is 23.5. The predicted octanol–water partition coefficient (Wildman–Crippen LogP) is 5.65. The van der Waals surface area contributed by atoms with Crippen LogP contribution in [0.4, 0.5) is 0 Å². The minimum absolute atomic E-state index is 0.0452. The van der Waals surface area contributed by atoms with E-state index in [0.717, 1.165) is 25.1 Å². The van der Waals surface area contributed by atoms with Crippen LogP contribution >= 0.6 is 0 Å². The highest BCUT2D eigenvalue weighted by Crippen LogP contribution is 2.50. The van der Waals surface area contributed by atoms with Gasteiger partial charge in [-0.15, -0.1) is 0 Å². The van der Waals surface area contributed by atoms with Gasteiger partial charge in [-0.3, -0.25) is 9.69 Å². The van der Waals surface area contributed by atoms with Gasteiger partial charge in [0, 0.05) is 25.2 Å². The molecule has 0 saturated heterocycles. The van der Waals surface area contributed by atoms with Crippen LogP contribution in [0, 0.1) is 11.3 Å². The Kier molecular flexibility index (Phi) is 7.26. The first-order valence-corrected chi connectivity index (χ1v) is 11.8. The Balaban J connectivity index is 1.59. The lowest BCUT2D eigenvalue weighted by Gasteiger charge is -2.33. The quantitative estimate of drug-likeness (QED) is 0.449. The average Bonchev–Trinajstić information content (AvgIpc) is 3.17. The highest BCUT2D eigenvalue weighted by atomic mass is 16.4. The Morgan fingerprint density at radius 1 is 0.939 bits per heavy atom. The van der Waals surface area contributed by atoms with Crippen molar-refractivity contribution >= 4 is 5.97 Å². The molecule has 33 heavy (non-hydrogen) atoms. The summed E-state index contributed by atoms with van der Waals surface area (Å²) in [5.41, 5.74) is 9.21. The zero-order chi connectivity index (χ0) is 23.3. The van der Waals surface area contributed by atoms with Gasteiger partial charge in [0.15, 0.2) is 0 Å². The van der Waals surface area contributed by atoms with Crippen molar-refractivity contribution in [3.05, 3.63) is 108 Å². The number of benzene rings is 3. The summed E-state index contributed by atoms with van der Waals surface area (Å²) in [5.74, 6) is -0.674. The maximum atomic E-state index is 12.7. The lowest BCUT2D eigenvalue weighted by atomic mass is 9.73. The van der Waals surface area contributed by atoms with Crippen molar-refractivity contribution in [1.82, 2.24) is 4.90 Å². The second kappa shape index (κ2) is 10.3. The molecule has 0 bridgehead atoms. The first-order valence-electron chi connectivity index (χ1n) is 11.8. The monoisotopic (exact) mass is 442 g/mol. The summed E-state index contributed by atoms with van der Waals surface area (Å²) in [6.45, 7) is 3.69. The van der Waals surface area contributed by atoms with Crippen molar-refractivity contribution in [1.29, 1.82) is 0 Å². The molecule has 4 rings (SSSR count). The van der Waals surface area contributed by atoms with Crippen LogP contribution in [0.15, 0.2) is 91.0 Å². The Morgan fingerprint density at radius 2 is 1.42 bits per heavy atom. The van der Waals surface area contributed by atoms with Crippen molar-refractivity contribution in [2.75, 3.05) is 0 Å². The molecule has 1 saturated carbocycles. The molecule has 0 radical (unpaired) electrons. The molecule has 3 aromatic carbocycles. The fourth-order valence-corrected chi connectivity index (χ4v) is 5.45. The van der Waals surface area contributed by atoms with Crippen molar-refractivity contribution in [3.63, 3.8) is 0 Å². The minimum atomic E-state index is -0.828. The van der Waals surface area contributed by atoms with Gasteiger partial charge in [-0.1, -0.05) is 97.9 Å². The van der Waals surface area contributed by atoms with Crippen LogP contribution in [0.25, 0.3) is 0 Å². The van der Waals surface area contributed by atoms with Gasteiger partial charge in [0.25, 0.3) is 0 Å². The summed E-state index contributed by atoms with van der Waals surface area (Å²) in [5, 5.41) is 10.4. The van der Waals surface area contributed by atoms with E-state index in [9.17, 15) is 9.90 Å². The van der Waals surface area contributed by atoms with Gasteiger partial charge in [0.05, 0.1) is 5.41 Å². The largest absolute Gasteiger partial charge is 0.481 e. The molecule has 1 aliphatic carbocycles. The summed E-state index contributed by atoms with van der Waals surface area (Å²) in [6, 6.07) is 30.7. The number of aliphatic carboxylic acids is 1. The number of carboxylic acid groups (broad SMARTS) is 1.